The predicted octanol–water partition coefficient (Wildman–Crippen LogP) is 5.13. The van der Waals surface area contributed by atoms with E-state index in [0.29, 0.717) is 5.75 Å². The van der Waals surface area contributed by atoms with E-state index in [1.807, 2.05) is 30.3 Å². The van der Waals surface area contributed by atoms with E-state index in [4.69, 9.17) is 19.2 Å². The Morgan fingerprint density at radius 2 is 1.68 bits per heavy atom. The van der Waals surface area contributed by atoms with E-state index in [-0.39, 0.29) is 0 Å². The highest BCUT2D eigenvalue weighted by Gasteiger charge is 2.10. The lowest BCUT2D eigenvalue weighted by Gasteiger charge is -2.08. The van der Waals surface area contributed by atoms with Crippen LogP contribution >= 0.6 is 23.1 Å². The van der Waals surface area contributed by atoms with Crippen LogP contribution in [-0.2, 0) is 5.75 Å². The molecule has 0 aliphatic heterocycles. The normalized spacial score (nSPS) is 10.5. The van der Waals surface area contributed by atoms with Crippen LogP contribution in [0, 0.1) is 0 Å². The Balaban J connectivity index is 1.69. The minimum absolute atomic E-state index is 0.712. The van der Waals surface area contributed by atoms with E-state index >= 15 is 0 Å². The SMILES string of the molecule is COc1ccc(SCc2csc(-c3ccc(OC)c(OC)c3)n2)cc1. The molecule has 0 N–H and O–H groups in total. The zero-order valence-electron chi connectivity index (χ0n) is 14.3. The molecular formula is C19H19NO3S2. The summed E-state index contributed by atoms with van der Waals surface area (Å²) in [6.45, 7) is 0. The van der Waals surface area contributed by atoms with Crippen LogP contribution in [0.3, 0.4) is 0 Å². The Morgan fingerprint density at radius 1 is 0.920 bits per heavy atom. The van der Waals surface area contributed by atoms with Gasteiger partial charge in [-0.25, -0.2) is 4.98 Å². The number of aromatic nitrogens is 1. The number of thioether (sulfide) groups is 1. The molecule has 0 atom stereocenters. The second kappa shape index (κ2) is 8.27. The van der Waals surface area contributed by atoms with Gasteiger partial charge in [0.05, 0.1) is 27.0 Å². The molecule has 1 aromatic heterocycles. The highest BCUT2D eigenvalue weighted by atomic mass is 32.2. The second-order valence-electron chi connectivity index (χ2n) is 5.18. The molecule has 3 rings (SSSR count). The van der Waals surface area contributed by atoms with Gasteiger partial charge in [0.15, 0.2) is 11.5 Å². The van der Waals surface area contributed by atoms with Crippen molar-refractivity contribution in [3.63, 3.8) is 0 Å². The van der Waals surface area contributed by atoms with Crippen molar-refractivity contribution in [1.82, 2.24) is 4.98 Å². The summed E-state index contributed by atoms with van der Waals surface area (Å²) in [4.78, 5) is 5.93. The van der Waals surface area contributed by atoms with Gasteiger partial charge in [0, 0.05) is 21.6 Å². The van der Waals surface area contributed by atoms with Gasteiger partial charge in [0.2, 0.25) is 0 Å². The number of thiazole rings is 1. The number of hydrogen-bond donors (Lipinski definition) is 0. The van der Waals surface area contributed by atoms with Gasteiger partial charge in [0.25, 0.3) is 0 Å². The summed E-state index contributed by atoms with van der Waals surface area (Å²) in [6, 6.07) is 13.9. The molecule has 0 radical (unpaired) electrons. The van der Waals surface area contributed by atoms with E-state index in [1.54, 1.807) is 44.4 Å². The number of hydrogen-bond acceptors (Lipinski definition) is 6. The van der Waals surface area contributed by atoms with Crippen molar-refractivity contribution in [2.75, 3.05) is 21.3 Å². The fraction of sp³-hybridized carbons (Fsp3) is 0.211. The molecule has 0 spiro atoms. The predicted molar refractivity (Wildman–Crippen MR) is 103 cm³/mol. The molecule has 130 valence electrons. The first-order chi connectivity index (χ1) is 12.2. The van der Waals surface area contributed by atoms with Gasteiger partial charge >= 0.3 is 0 Å². The summed E-state index contributed by atoms with van der Waals surface area (Å²) in [6.07, 6.45) is 0. The Kier molecular flexibility index (Phi) is 5.83. The molecule has 0 amide bonds. The Labute approximate surface area is 155 Å². The molecule has 3 aromatic rings. The summed E-state index contributed by atoms with van der Waals surface area (Å²) in [5, 5.41) is 3.08. The van der Waals surface area contributed by atoms with Crippen molar-refractivity contribution >= 4 is 23.1 Å². The van der Waals surface area contributed by atoms with Crippen LogP contribution in [0.15, 0.2) is 52.7 Å². The van der Waals surface area contributed by atoms with Crippen molar-refractivity contribution < 1.29 is 14.2 Å². The smallest absolute Gasteiger partial charge is 0.161 e. The van der Waals surface area contributed by atoms with E-state index in [1.165, 1.54) is 4.90 Å². The zero-order chi connectivity index (χ0) is 17.6. The summed E-state index contributed by atoms with van der Waals surface area (Å²) >= 11 is 3.39. The quantitative estimate of drug-likeness (QED) is 0.537. The van der Waals surface area contributed by atoms with Gasteiger partial charge < -0.3 is 14.2 Å². The molecular weight excluding hydrogens is 354 g/mol. The molecule has 25 heavy (non-hydrogen) atoms. The van der Waals surface area contributed by atoms with Crippen LogP contribution in [-0.4, -0.2) is 26.3 Å². The van der Waals surface area contributed by atoms with Crippen molar-refractivity contribution in [2.24, 2.45) is 0 Å². The molecule has 0 aliphatic rings. The highest BCUT2D eigenvalue weighted by molar-refractivity contribution is 7.98. The topological polar surface area (TPSA) is 40.6 Å². The Morgan fingerprint density at radius 3 is 2.36 bits per heavy atom. The maximum Gasteiger partial charge on any atom is 0.161 e. The van der Waals surface area contributed by atoms with Crippen molar-refractivity contribution in [1.29, 1.82) is 0 Å². The van der Waals surface area contributed by atoms with Crippen LogP contribution < -0.4 is 14.2 Å². The fourth-order valence-electron chi connectivity index (χ4n) is 2.30. The van der Waals surface area contributed by atoms with Crippen LogP contribution in [0.4, 0.5) is 0 Å². The molecule has 0 saturated heterocycles. The van der Waals surface area contributed by atoms with Crippen LogP contribution in [0.2, 0.25) is 0 Å². The first kappa shape index (κ1) is 17.6. The van der Waals surface area contributed by atoms with E-state index in [2.05, 4.69) is 17.5 Å². The van der Waals surface area contributed by atoms with Gasteiger partial charge in [0.1, 0.15) is 10.8 Å². The summed E-state index contributed by atoms with van der Waals surface area (Å²) in [5.74, 6) is 3.13. The number of nitrogens with zero attached hydrogens (tertiary/aromatic N) is 1. The van der Waals surface area contributed by atoms with E-state index < -0.39 is 0 Å². The Bertz CT molecular complexity index is 831. The van der Waals surface area contributed by atoms with Crippen LogP contribution in [0.1, 0.15) is 5.69 Å². The van der Waals surface area contributed by atoms with Gasteiger partial charge in [-0.1, -0.05) is 0 Å². The third-order valence-electron chi connectivity index (χ3n) is 3.63. The van der Waals surface area contributed by atoms with Crippen molar-refractivity contribution in [3.8, 4) is 27.8 Å². The third kappa shape index (κ3) is 4.27. The lowest BCUT2D eigenvalue weighted by molar-refractivity contribution is 0.355. The molecule has 1 heterocycles. The molecule has 2 aromatic carbocycles. The van der Waals surface area contributed by atoms with Crippen LogP contribution in [0.5, 0.6) is 17.2 Å². The van der Waals surface area contributed by atoms with Gasteiger partial charge in [-0.05, 0) is 42.5 Å². The van der Waals surface area contributed by atoms with E-state index in [9.17, 15) is 0 Å². The van der Waals surface area contributed by atoms with Crippen molar-refractivity contribution in [2.45, 2.75) is 10.6 Å². The maximum absolute atomic E-state index is 5.37. The van der Waals surface area contributed by atoms with Gasteiger partial charge in [-0.3, -0.25) is 0 Å². The van der Waals surface area contributed by atoms with Crippen molar-refractivity contribution in [3.05, 3.63) is 53.5 Å². The fourth-order valence-corrected chi connectivity index (χ4v) is 4.02. The highest BCUT2D eigenvalue weighted by Crippen LogP contribution is 2.34. The summed E-state index contributed by atoms with van der Waals surface area (Å²) < 4.78 is 15.8. The lowest BCUT2D eigenvalue weighted by Crippen LogP contribution is -1.90. The first-order valence-electron chi connectivity index (χ1n) is 7.67. The lowest BCUT2D eigenvalue weighted by atomic mass is 10.2. The number of rotatable bonds is 7. The van der Waals surface area contributed by atoms with E-state index in [0.717, 1.165) is 33.5 Å². The molecule has 0 fully saturated rings. The monoisotopic (exact) mass is 373 g/mol. The Hall–Kier alpha value is -2.18. The third-order valence-corrected chi connectivity index (χ3v) is 5.61. The maximum atomic E-state index is 5.37. The number of benzene rings is 2. The first-order valence-corrected chi connectivity index (χ1v) is 9.53. The number of methoxy groups -OCH3 is 3. The molecule has 0 bridgehead atoms. The largest absolute Gasteiger partial charge is 0.497 e. The molecule has 0 unspecified atom stereocenters. The average molecular weight is 373 g/mol. The molecule has 4 nitrogen and oxygen atoms in total. The average Bonchev–Trinajstić information content (AvgIpc) is 3.15. The second-order valence-corrected chi connectivity index (χ2v) is 7.08. The van der Waals surface area contributed by atoms with Gasteiger partial charge in [-0.2, -0.15) is 0 Å². The zero-order valence-corrected chi connectivity index (χ0v) is 15.9. The standard InChI is InChI=1S/C19H19NO3S2/c1-21-15-5-7-16(8-6-15)24-11-14-12-25-19(20-14)13-4-9-17(22-2)18(10-13)23-3/h4-10,12H,11H2,1-3H3. The summed E-state index contributed by atoms with van der Waals surface area (Å²) in [5.41, 5.74) is 2.10. The minimum atomic E-state index is 0.712. The van der Waals surface area contributed by atoms with Crippen LogP contribution in [0.25, 0.3) is 10.6 Å². The molecule has 6 heteroatoms. The van der Waals surface area contributed by atoms with Gasteiger partial charge in [-0.15, -0.1) is 23.1 Å². The molecule has 0 aliphatic carbocycles. The number of ether oxygens (including phenoxy) is 3. The minimum Gasteiger partial charge on any atom is -0.497 e. The summed E-state index contributed by atoms with van der Waals surface area (Å²) in [7, 11) is 4.95. The molecule has 0 saturated carbocycles.